The lowest BCUT2D eigenvalue weighted by Crippen LogP contribution is -2.40. The highest BCUT2D eigenvalue weighted by molar-refractivity contribution is 7.92. The number of piperidine rings is 1. The molecule has 4 heteroatoms. The third kappa shape index (κ3) is 2.21. The fourth-order valence-corrected chi connectivity index (χ4v) is 3.54. The Morgan fingerprint density at radius 2 is 1.87 bits per heavy atom. The summed E-state index contributed by atoms with van der Waals surface area (Å²) in [7, 11) is -3.17. The van der Waals surface area contributed by atoms with Gasteiger partial charge in [0.25, 0.3) is 0 Å². The second-order valence-electron chi connectivity index (χ2n) is 3.80. The van der Waals surface area contributed by atoms with E-state index in [1.165, 1.54) is 0 Å². The summed E-state index contributed by atoms with van der Waals surface area (Å²) in [6.45, 7) is 0.802. The second-order valence-corrected chi connectivity index (χ2v) is 5.93. The van der Waals surface area contributed by atoms with E-state index in [0.29, 0.717) is 4.90 Å². The van der Waals surface area contributed by atoms with Crippen LogP contribution in [0.3, 0.4) is 0 Å². The van der Waals surface area contributed by atoms with Crippen LogP contribution in [0.4, 0.5) is 0 Å². The van der Waals surface area contributed by atoms with Crippen molar-refractivity contribution in [2.45, 2.75) is 29.5 Å². The van der Waals surface area contributed by atoms with E-state index < -0.39 is 15.2 Å². The zero-order valence-electron chi connectivity index (χ0n) is 8.52. The maximum Gasteiger partial charge on any atom is 0.194 e. The van der Waals surface area contributed by atoms with Gasteiger partial charge in [0.15, 0.2) is 9.84 Å². The maximum absolute atomic E-state index is 12.1. The molecule has 1 heterocycles. The second kappa shape index (κ2) is 4.33. The molecule has 1 fully saturated rings. The summed E-state index contributed by atoms with van der Waals surface area (Å²) < 4.78 is 24.2. The van der Waals surface area contributed by atoms with Crippen molar-refractivity contribution in [1.29, 1.82) is 0 Å². The summed E-state index contributed by atoms with van der Waals surface area (Å²) in [6.07, 6.45) is 2.78. The number of rotatable bonds is 2. The van der Waals surface area contributed by atoms with Gasteiger partial charge >= 0.3 is 0 Å². The van der Waals surface area contributed by atoms with Crippen molar-refractivity contribution in [1.82, 2.24) is 5.32 Å². The van der Waals surface area contributed by atoms with Crippen LogP contribution in [0.2, 0.25) is 0 Å². The summed E-state index contributed by atoms with van der Waals surface area (Å²) in [5.74, 6) is 0. The summed E-state index contributed by atoms with van der Waals surface area (Å²) in [5, 5.41) is 2.68. The van der Waals surface area contributed by atoms with Crippen LogP contribution in [0.5, 0.6) is 0 Å². The van der Waals surface area contributed by atoms with E-state index in [9.17, 15) is 8.42 Å². The van der Waals surface area contributed by atoms with Gasteiger partial charge in [-0.05, 0) is 37.9 Å². The molecule has 0 saturated carbocycles. The molecule has 15 heavy (non-hydrogen) atoms. The van der Waals surface area contributed by atoms with E-state index in [1.807, 2.05) is 6.07 Å². The molecule has 82 valence electrons. The minimum atomic E-state index is -3.17. The largest absolute Gasteiger partial charge is 0.301 e. The highest BCUT2D eigenvalue weighted by Crippen LogP contribution is 2.20. The van der Waals surface area contributed by atoms with Crippen LogP contribution in [-0.2, 0) is 9.84 Å². The maximum atomic E-state index is 12.1. The van der Waals surface area contributed by atoms with Crippen LogP contribution in [0.15, 0.2) is 35.2 Å². The number of sulfone groups is 1. The van der Waals surface area contributed by atoms with E-state index in [-0.39, 0.29) is 0 Å². The van der Waals surface area contributed by atoms with Gasteiger partial charge in [-0.1, -0.05) is 18.2 Å². The third-order valence-electron chi connectivity index (χ3n) is 2.71. The van der Waals surface area contributed by atoms with Gasteiger partial charge in [0.05, 0.1) is 4.90 Å². The van der Waals surface area contributed by atoms with Crippen LogP contribution >= 0.6 is 0 Å². The SMILES string of the molecule is O=S(=O)(c1ccccc1)C1CCCCN1. The van der Waals surface area contributed by atoms with Gasteiger partial charge < -0.3 is 5.32 Å². The molecule has 1 atom stereocenters. The lowest BCUT2D eigenvalue weighted by molar-refractivity contribution is 0.461. The zero-order chi connectivity index (χ0) is 10.7. The molecule has 0 spiro atoms. The Balaban J connectivity index is 2.26. The van der Waals surface area contributed by atoms with Gasteiger partial charge in [0.2, 0.25) is 0 Å². The lowest BCUT2D eigenvalue weighted by Gasteiger charge is -2.23. The molecule has 1 saturated heterocycles. The van der Waals surface area contributed by atoms with Gasteiger partial charge in [-0.3, -0.25) is 0 Å². The Morgan fingerprint density at radius 3 is 2.47 bits per heavy atom. The molecular weight excluding hydrogens is 210 g/mol. The number of hydrogen-bond donors (Lipinski definition) is 1. The molecule has 3 nitrogen and oxygen atoms in total. The molecule has 0 amide bonds. The molecule has 1 aromatic rings. The average Bonchev–Trinajstić information content (AvgIpc) is 2.31. The molecule has 0 aliphatic carbocycles. The number of hydrogen-bond acceptors (Lipinski definition) is 3. The van der Waals surface area contributed by atoms with Crippen molar-refractivity contribution in [2.75, 3.05) is 6.54 Å². The number of nitrogens with one attached hydrogen (secondary N) is 1. The molecule has 0 radical (unpaired) electrons. The summed E-state index contributed by atoms with van der Waals surface area (Å²) in [5.41, 5.74) is 0. The van der Waals surface area contributed by atoms with Crippen molar-refractivity contribution < 1.29 is 8.42 Å². The van der Waals surface area contributed by atoms with E-state index in [0.717, 1.165) is 25.8 Å². The standard InChI is InChI=1S/C11H15NO2S/c13-15(14,10-6-2-1-3-7-10)11-8-4-5-9-12-11/h1-3,6-7,11-12H,4-5,8-9H2. The van der Waals surface area contributed by atoms with Gasteiger partial charge in [-0.15, -0.1) is 0 Å². The predicted molar refractivity (Wildman–Crippen MR) is 59.3 cm³/mol. The van der Waals surface area contributed by atoms with Crippen molar-refractivity contribution >= 4 is 9.84 Å². The summed E-state index contributed by atoms with van der Waals surface area (Å²) in [6, 6.07) is 8.66. The molecular formula is C11H15NO2S. The van der Waals surface area contributed by atoms with Crippen molar-refractivity contribution in [3.05, 3.63) is 30.3 Å². The van der Waals surface area contributed by atoms with Crippen LogP contribution in [0, 0.1) is 0 Å². The Hall–Kier alpha value is -0.870. The molecule has 1 unspecified atom stereocenters. The molecule has 0 bridgehead atoms. The summed E-state index contributed by atoms with van der Waals surface area (Å²) in [4.78, 5) is 0.421. The van der Waals surface area contributed by atoms with E-state index in [4.69, 9.17) is 0 Å². The van der Waals surface area contributed by atoms with Gasteiger partial charge in [-0.25, -0.2) is 8.42 Å². The fourth-order valence-electron chi connectivity index (χ4n) is 1.86. The Morgan fingerprint density at radius 1 is 1.13 bits per heavy atom. The molecule has 0 aromatic heterocycles. The monoisotopic (exact) mass is 225 g/mol. The van der Waals surface area contributed by atoms with Gasteiger partial charge in [0, 0.05) is 0 Å². The molecule has 1 aliphatic rings. The van der Waals surface area contributed by atoms with Crippen molar-refractivity contribution in [2.24, 2.45) is 0 Å². The van der Waals surface area contributed by atoms with E-state index >= 15 is 0 Å². The fraction of sp³-hybridized carbons (Fsp3) is 0.455. The Kier molecular flexibility index (Phi) is 3.07. The number of benzene rings is 1. The van der Waals surface area contributed by atoms with Crippen LogP contribution in [0.25, 0.3) is 0 Å². The third-order valence-corrected chi connectivity index (χ3v) is 4.79. The van der Waals surface area contributed by atoms with Gasteiger partial charge in [0.1, 0.15) is 5.37 Å². The molecule has 1 aromatic carbocycles. The first-order chi connectivity index (χ1) is 7.21. The molecule has 1 N–H and O–H groups in total. The Bertz CT molecular complexity index is 407. The zero-order valence-corrected chi connectivity index (χ0v) is 9.33. The minimum absolute atomic E-state index is 0.395. The lowest BCUT2D eigenvalue weighted by atomic mass is 10.2. The first kappa shape index (κ1) is 10.6. The van der Waals surface area contributed by atoms with Crippen molar-refractivity contribution in [3.8, 4) is 0 Å². The predicted octanol–water partition coefficient (Wildman–Crippen LogP) is 1.56. The first-order valence-corrected chi connectivity index (χ1v) is 6.78. The van der Waals surface area contributed by atoms with Crippen LogP contribution < -0.4 is 5.32 Å². The average molecular weight is 225 g/mol. The van der Waals surface area contributed by atoms with Crippen LogP contribution in [0.1, 0.15) is 19.3 Å². The topological polar surface area (TPSA) is 46.2 Å². The van der Waals surface area contributed by atoms with Gasteiger partial charge in [-0.2, -0.15) is 0 Å². The van der Waals surface area contributed by atoms with Crippen molar-refractivity contribution in [3.63, 3.8) is 0 Å². The Labute approximate surface area is 90.4 Å². The highest BCUT2D eigenvalue weighted by atomic mass is 32.2. The smallest absolute Gasteiger partial charge is 0.194 e. The van der Waals surface area contributed by atoms with Crippen LogP contribution in [-0.4, -0.2) is 20.3 Å². The van der Waals surface area contributed by atoms with E-state index in [1.54, 1.807) is 24.3 Å². The molecule has 2 rings (SSSR count). The normalized spacial score (nSPS) is 22.5. The van der Waals surface area contributed by atoms with E-state index in [2.05, 4.69) is 5.32 Å². The summed E-state index contributed by atoms with van der Waals surface area (Å²) >= 11 is 0. The molecule has 1 aliphatic heterocycles. The first-order valence-electron chi connectivity index (χ1n) is 5.23. The highest BCUT2D eigenvalue weighted by Gasteiger charge is 2.28. The minimum Gasteiger partial charge on any atom is -0.301 e. The quantitative estimate of drug-likeness (QED) is 0.831.